The molecular weight excluding hydrogens is 230 g/mol. The normalized spacial score (nSPS) is 12.1. The van der Waals surface area contributed by atoms with Gasteiger partial charge in [0.25, 0.3) is 0 Å². The fourth-order valence-electron chi connectivity index (χ4n) is 1.67. The van der Waals surface area contributed by atoms with Crippen LogP contribution in [0.5, 0.6) is 0 Å². The summed E-state index contributed by atoms with van der Waals surface area (Å²) in [7, 11) is 0. The molecule has 94 valence electrons. The van der Waals surface area contributed by atoms with Gasteiger partial charge in [0, 0.05) is 18.3 Å². The van der Waals surface area contributed by atoms with Crippen LogP contribution < -0.4 is 5.32 Å². The minimum absolute atomic E-state index is 0.0152. The van der Waals surface area contributed by atoms with Crippen LogP contribution in [0.25, 0.3) is 11.3 Å². The Labute approximate surface area is 105 Å². The van der Waals surface area contributed by atoms with Gasteiger partial charge in [0.2, 0.25) is 0 Å². The highest BCUT2D eigenvalue weighted by Crippen LogP contribution is 2.17. The first-order valence-electron chi connectivity index (χ1n) is 5.74. The van der Waals surface area contributed by atoms with E-state index in [2.05, 4.69) is 10.4 Å². The predicted molar refractivity (Wildman–Crippen MR) is 68.4 cm³/mol. The number of amides is 1. The lowest BCUT2D eigenvalue weighted by molar-refractivity contribution is 0.192. The molecule has 0 aliphatic heterocycles. The van der Waals surface area contributed by atoms with E-state index in [1.807, 2.05) is 49.5 Å². The monoisotopic (exact) mass is 245 g/mol. The number of hydrogen-bond donors (Lipinski definition) is 2. The van der Waals surface area contributed by atoms with Gasteiger partial charge in [-0.1, -0.05) is 30.3 Å². The Morgan fingerprint density at radius 1 is 1.39 bits per heavy atom. The van der Waals surface area contributed by atoms with Crippen molar-refractivity contribution in [1.29, 1.82) is 0 Å². The maximum atomic E-state index is 10.4. The fraction of sp³-hybridized carbons (Fsp3) is 0.231. The van der Waals surface area contributed by atoms with Gasteiger partial charge in [0.05, 0.1) is 11.7 Å². The first-order chi connectivity index (χ1) is 8.66. The van der Waals surface area contributed by atoms with Crippen molar-refractivity contribution in [3.63, 3.8) is 0 Å². The van der Waals surface area contributed by atoms with Crippen molar-refractivity contribution in [2.75, 3.05) is 6.54 Å². The summed E-state index contributed by atoms with van der Waals surface area (Å²) in [6.07, 6.45) is 0.841. The van der Waals surface area contributed by atoms with E-state index in [-0.39, 0.29) is 6.04 Å². The molecule has 18 heavy (non-hydrogen) atoms. The average Bonchev–Trinajstić information content (AvgIpc) is 2.86. The lowest BCUT2D eigenvalue weighted by atomic mass is 10.2. The zero-order chi connectivity index (χ0) is 13.0. The van der Waals surface area contributed by atoms with Crippen molar-refractivity contribution in [2.24, 2.45) is 0 Å². The smallest absolute Gasteiger partial charge is 0.404 e. The summed E-state index contributed by atoms with van der Waals surface area (Å²) in [6.45, 7) is 2.25. The average molecular weight is 245 g/mol. The zero-order valence-electron chi connectivity index (χ0n) is 10.1. The Bertz CT molecular complexity index is 522. The highest BCUT2D eigenvalue weighted by molar-refractivity contribution is 5.64. The fourth-order valence-corrected chi connectivity index (χ4v) is 1.67. The molecule has 0 aliphatic rings. The summed E-state index contributed by atoms with van der Waals surface area (Å²) in [4.78, 5) is 10.4. The van der Waals surface area contributed by atoms with E-state index >= 15 is 0 Å². The molecule has 1 aromatic heterocycles. The van der Waals surface area contributed by atoms with Crippen molar-refractivity contribution in [1.82, 2.24) is 15.1 Å². The van der Waals surface area contributed by atoms with Crippen LogP contribution in [0.4, 0.5) is 4.79 Å². The van der Waals surface area contributed by atoms with Gasteiger partial charge in [-0.2, -0.15) is 5.10 Å². The van der Waals surface area contributed by atoms with Gasteiger partial charge in [-0.25, -0.2) is 4.79 Å². The SMILES string of the molecule is CC(CNC(=O)O)n1ccc(-c2ccccc2)n1. The summed E-state index contributed by atoms with van der Waals surface area (Å²) >= 11 is 0. The molecule has 0 saturated carbocycles. The molecule has 2 rings (SSSR count). The van der Waals surface area contributed by atoms with E-state index in [9.17, 15) is 4.79 Å². The van der Waals surface area contributed by atoms with Gasteiger partial charge < -0.3 is 10.4 Å². The van der Waals surface area contributed by atoms with Crippen LogP contribution in [0.3, 0.4) is 0 Å². The number of nitrogens with one attached hydrogen (secondary N) is 1. The molecule has 0 radical (unpaired) electrons. The highest BCUT2D eigenvalue weighted by Gasteiger charge is 2.08. The number of nitrogens with zero attached hydrogens (tertiary/aromatic N) is 2. The van der Waals surface area contributed by atoms with E-state index in [1.54, 1.807) is 4.68 Å². The molecule has 1 aromatic carbocycles. The standard InChI is InChI=1S/C13H15N3O2/c1-10(9-14-13(17)18)16-8-7-12(15-16)11-5-3-2-4-6-11/h2-8,10,14H,9H2,1H3,(H,17,18). The van der Waals surface area contributed by atoms with Crippen molar-refractivity contribution in [3.8, 4) is 11.3 Å². The molecule has 0 bridgehead atoms. The Morgan fingerprint density at radius 2 is 2.11 bits per heavy atom. The van der Waals surface area contributed by atoms with Crippen LogP contribution in [0.2, 0.25) is 0 Å². The van der Waals surface area contributed by atoms with Crippen LogP contribution in [0.1, 0.15) is 13.0 Å². The minimum Gasteiger partial charge on any atom is -0.465 e. The Kier molecular flexibility index (Phi) is 3.62. The third-order valence-electron chi connectivity index (χ3n) is 2.68. The minimum atomic E-state index is -1.02. The first kappa shape index (κ1) is 12.2. The van der Waals surface area contributed by atoms with Crippen LogP contribution >= 0.6 is 0 Å². The van der Waals surface area contributed by atoms with Gasteiger partial charge in [-0.3, -0.25) is 4.68 Å². The molecule has 0 fully saturated rings. The molecule has 2 aromatic rings. The van der Waals surface area contributed by atoms with Crippen LogP contribution in [-0.2, 0) is 0 Å². The van der Waals surface area contributed by atoms with Crippen molar-refractivity contribution in [3.05, 3.63) is 42.6 Å². The number of carboxylic acid groups (broad SMARTS) is 1. The molecule has 1 unspecified atom stereocenters. The molecule has 1 atom stereocenters. The van der Waals surface area contributed by atoms with Crippen molar-refractivity contribution >= 4 is 6.09 Å². The Hall–Kier alpha value is -2.30. The van der Waals surface area contributed by atoms with Gasteiger partial charge in [-0.15, -0.1) is 0 Å². The van der Waals surface area contributed by atoms with Gasteiger partial charge in [-0.05, 0) is 13.0 Å². The molecule has 0 aliphatic carbocycles. The maximum absolute atomic E-state index is 10.4. The largest absolute Gasteiger partial charge is 0.465 e. The van der Waals surface area contributed by atoms with Gasteiger partial charge >= 0.3 is 6.09 Å². The van der Waals surface area contributed by atoms with Crippen LogP contribution in [-0.4, -0.2) is 27.5 Å². The second-order valence-corrected chi connectivity index (χ2v) is 4.08. The molecule has 1 amide bonds. The Balaban J connectivity index is 2.08. The number of hydrogen-bond acceptors (Lipinski definition) is 2. The maximum Gasteiger partial charge on any atom is 0.404 e. The number of rotatable bonds is 4. The van der Waals surface area contributed by atoms with Gasteiger partial charge in [0.1, 0.15) is 0 Å². The van der Waals surface area contributed by atoms with Crippen LogP contribution in [0, 0.1) is 0 Å². The molecule has 5 heteroatoms. The number of carbonyl (C=O) groups is 1. The molecule has 0 saturated heterocycles. The number of benzene rings is 1. The zero-order valence-corrected chi connectivity index (χ0v) is 10.1. The van der Waals surface area contributed by atoms with Crippen LogP contribution in [0.15, 0.2) is 42.6 Å². The van der Waals surface area contributed by atoms with E-state index in [1.165, 1.54) is 0 Å². The molecular formula is C13H15N3O2. The topological polar surface area (TPSA) is 67.2 Å². The second-order valence-electron chi connectivity index (χ2n) is 4.08. The van der Waals surface area contributed by atoms with Gasteiger partial charge in [0.15, 0.2) is 0 Å². The van der Waals surface area contributed by atoms with E-state index in [0.717, 1.165) is 11.3 Å². The number of aromatic nitrogens is 2. The first-order valence-corrected chi connectivity index (χ1v) is 5.74. The Morgan fingerprint density at radius 3 is 2.78 bits per heavy atom. The second kappa shape index (κ2) is 5.35. The quantitative estimate of drug-likeness (QED) is 0.869. The van der Waals surface area contributed by atoms with Crippen molar-refractivity contribution < 1.29 is 9.90 Å². The molecule has 5 nitrogen and oxygen atoms in total. The van der Waals surface area contributed by atoms with E-state index in [4.69, 9.17) is 5.11 Å². The summed E-state index contributed by atoms with van der Waals surface area (Å²) in [5.41, 5.74) is 1.94. The third kappa shape index (κ3) is 2.88. The van der Waals surface area contributed by atoms with Crippen molar-refractivity contribution in [2.45, 2.75) is 13.0 Å². The summed E-state index contributed by atoms with van der Waals surface area (Å²) in [5.74, 6) is 0. The van der Waals surface area contributed by atoms with E-state index in [0.29, 0.717) is 6.54 Å². The summed E-state index contributed by atoms with van der Waals surface area (Å²) in [5, 5.41) is 15.3. The predicted octanol–water partition coefficient (Wildman–Crippen LogP) is 2.38. The highest BCUT2D eigenvalue weighted by atomic mass is 16.4. The third-order valence-corrected chi connectivity index (χ3v) is 2.68. The lowest BCUT2D eigenvalue weighted by Crippen LogP contribution is -2.28. The molecule has 0 spiro atoms. The van der Waals surface area contributed by atoms with E-state index < -0.39 is 6.09 Å². The summed E-state index contributed by atoms with van der Waals surface area (Å²) < 4.78 is 1.76. The lowest BCUT2D eigenvalue weighted by Gasteiger charge is -2.11. The molecule has 1 heterocycles. The summed E-state index contributed by atoms with van der Waals surface area (Å²) in [6, 6.07) is 11.8. The molecule has 2 N–H and O–H groups in total.